The standard InChI is InChI=1S/C22H23N3OS/c1-13-11-24-22(27-13)25-21(26)16-8-15-4-2-3-5-17(15)18(9-16)19-10-20(19)23-12-14-6-7-14/h2-5,8-9,11,14,19-20,23H,6-7,10,12H2,1H3,(H,24,25,26). The van der Waals surface area contributed by atoms with Gasteiger partial charge in [0.15, 0.2) is 5.13 Å². The number of amides is 1. The topological polar surface area (TPSA) is 54.0 Å². The van der Waals surface area contributed by atoms with Gasteiger partial charge in [-0.2, -0.15) is 0 Å². The lowest BCUT2D eigenvalue weighted by Crippen LogP contribution is -2.20. The molecular weight excluding hydrogens is 354 g/mol. The van der Waals surface area contributed by atoms with E-state index in [1.807, 2.05) is 19.1 Å². The summed E-state index contributed by atoms with van der Waals surface area (Å²) in [7, 11) is 0. The van der Waals surface area contributed by atoms with Crippen LogP contribution in [0.1, 0.15) is 46.0 Å². The van der Waals surface area contributed by atoms with Crippen molar-refractivity contribution in [3.63, 3.8) is 0 Å². The maximum atomic E-state index is 12.8. The number of hydrogen-bond donors (Lipinski definition) is 2. The molecule has 2 N–H and O–H groups in total. The Kier molecular flexibility index (Phi) is 4.21. The van der Waals surface area contributed by atoms with Gasteiger partial charge in [-0.3, -0.25) is 10.1 Å². The normalized spacial score (nSPS) is 21.4. The molecule has 1 aromatic heterocycles. The van der Waals surface area contributed by atoms with E-state index in [1.54, 1.807) is 6.20 Å². The van der Waals surface area contributed by atoms with Crippen LogP contribution >= 0.6 is 11.3 Å². The summed E-state index contributed by atoms with van der Waals surface area (Å²) in [5, 5.41) is 9.70. The fourth-order valence-corrected chi connectivity index (χ4v) is 4.42. The minimum absolute atomic E-state index is 0.0838. The molecule has 1 amide bonds. The van der Waals surface area contributed by atoms with Crippen LogP contribution in [0.4, 0.5) is 5.13 Å². The number of nitrogens with zero attached hydrogens (tertiary/aromatic N) is 1. The van der Waals surface area contributed by atoms with Gasteiger partial charge in [-0.1, -0.05) is 24.3 Å². The zero-order valence-electron chi connectivity index (χ0n) is 15.4. The summed E-state index contributed by atoms with van der Waals surface area (Å²) in [5.41, 5.74) is 2.01. The Morgan fingerprint density at radius 2 is 2.11 bits per heavy atom. The third kappa shape index (κ3) is 3.62. The van der Waals surface area contributed by atoms with Crippen LogP contribution in [-0.2, 0) is 0 Å². The molecule has 2 aliphatic rings. The summed E-state index contributed by atoms with van der Waals surface area (Å²) in [6.07, 6.45) is 5.69. The third-order valence-corrected chi connectivity index (χ3v) is 6.38. The third-order valence-electron chi connectivity index (χ3n) is 5.55. The van der Waals surface area contributed by atoms with Crippen LogP contribution in [0.15, 0.2) is 42.6 Å². The van der Waals surface area contributed by atoms with E-state index in [0.717, 1.165) is 29.1 Å². The Morgan fingerprint density at radius 1 is 1.26 bits per heavy atom. The van der Waals surface area contributed by atoms with Gasteiger partial charge in [0, 0.05) is 28.6 Å². The molecule has 4 nitrogen and oxygen atoms in total. The van der Waals surface area contributed by atoms with Crippen LogP contribution < -0.4 is 10.6 Å². The minimum atomic E-state index is -0.0838. The summed E-state index contributed by atoms with van der Waals surface area (Å²) in [5.74, 6) is 1.31. The number of aromatic nitrogens is 1. The summed E-state index contributed by atoms with van der Waals surface area (Å²) in [6, 6.07) is 13.0. The SMILES string of the molecule is Cc1cnc(NC(=O)c2cc(C3CC3NCC3CC3)c3ccccc3c2)s1. The van der Waals surface area contributed by atoms with Crippen LogP contribution in [-0.4, -0.2) is 23.5 Å². The fourth-order valence-electron chi connectivity index (χ4n) is 3.76. The van der Waals surface area contributed by atoms with E-state index in [-0.39, 0.29) is 5.91 Å². The van der Waals surface area contributed by atoms with Crippen LogP contribution in [0.5, 0.6) is 0 Å². The van der Waals surface area contributed by atoms with Gasteiger partial charge in [0.1, 0.15) is 0 Å². The van der Waals surface area contributed by atoms with Gasteiger partial charge < -0.3 is 5.32 Å². The van der Waals surface area contributed by atoms with Crippen molar-refractivity contribution < 1.29 is 4.79 Å². The predicted molar refractivity (Wildman–Crippen MR) is 111 cm³/mol. The number of anilines is 1. The summed E-state index contributed by atoms with van der Waals surface area (Å²) in [4.78, 5) is 18.1. The smallest absolute Gasteiger partial charge is 0.257 e. The number of aryl methyl sites for hydroxylation is 1. The second kappa shape index (κ2) is 6.73. The van der Waals surface area contributed by atoms with Crippen molar-refractivity contribution in [2.75, 3.05) is 11.9 Å². The van der Waals surface area contributed by atoms with Gasteiger partial charge in [0.2, 0.25) is 0 Å². The molecule has 2 atom stereocenters. The molecule has 27 heavy (non-hydrogen) atoms. The summed E-state index contributed by atoms with van der Waals surface area (Å²) >= 11 is 1.50. The zero-order chi connectivity index (χ0) is 18.4. The number of rotatable bonds is 6. The van der Waals surface area contributed by atoms with E-state index in [9.17, 15) is 4.79 Å². The lowest BCUT2D eigenvalue weighted by molar-refractivity contribution is 0.102. The van der Waals surface area contributed by atoms with Gasteiger partial charge in [0.25, 0.3) is 5.91 Å². The molecule has 3 aromatic rings. The number of benzene rings is 2. The molecule has 2 unspecified atom stereocenters. The number of hydrogen-bond acceptors (Lipinski definition) is 4. The molecule has 0 bridgehead atoms. The van der Waals surface area contributed by atoms with E-state index >= 15 is 0 Å². The summed E-state index contributed by atoms with van der Waals surface area (Å²) < 4.78 is 0. The molecule has 0 spiro atoms. The maximum Gasteiger partial charge on any atom is 0.257 e. The van der Waals surface area contributed by atoms with Gasteiger partial charge in [-0.15, -0.1) is 11.3 Å². The molecule has 0 saturated heterocycles. The number of nitrogens with one attached hydrogen (secondary N) is 2. The van der Waals surface area contributed by atoms with Crippen molar-refractivity contribution in [3.05, 3.63) is 58.6 Å². The Hall–Kier alpha value is -2.24. The zero-order valence-corrected chi connectivity index (χ0v) is 16.2. The molecule has 2 aliphatic carbocycles. The van der Waals surface area contributed by atoms with Gasteiger partial charge in [-0.25, -0.2) is 4.98 Å². The van der Waals surface area contributed by atoms with Gasteiger partial charge in [-0.05, 0) is 67.1 Å². The first kappa shape index (κ1) is 16.9. The lowest BCUT2D eigenvalue weighted by Gasteiger charge is -2.11. The highest BCUT2D eigenvalue weighted by Gasteiger charge is 2.40. The quantitative estimate of drug-likeness (QED) is 0.654. The molecule has 1 heterocycles. The number of thiazole rings is 1. The van der Waals surface area contributed by atoms with Gasteiger partial charge >= 0.3 is 0 Å². The number of fused-ring (bicyclic) bond motifs is 1. The molecule has 0 radical (unpaired) electrons. The molecule has 138 valence electrons. The van der Waals surface area contributed by atoms with Crippen LogP contribution in [0, 0.1) is 12.8 Å². The highest BCUT2D eigenvalue weighted by molar-refractivity contribution is 7.15. The highest BCUT2D eigenvalue weighted by atomic mass is 32.1. The second-order valence-electron chi connectivity index (χ2n) is 7.82. The number of carbonyl (C=O) groups excluding carboxylic acids is 1. The van der Waals surface area contributed by atoms with Crippen LogP contribution in [0.25, 0.3) is 10.8 Å². The average Bonchev–Trinajstić information content (AvgIpc) is 3.58. The first-order valence-electron chi connectivity index (χ1n) is 9.67. The molecular formula is C22H23N3OS. The van der Waals surface area contributed by atoms with E-state index in [0.29, 0.717) is 22.7 Å². The van der Waals surface area contributed by atoms with Gasteiger partial charge in [0.05, 0.1) is 0 Å². The average molecular weight is 378 g/mol. The van der Waals surface area contributed by atoms with Crippen molar-refractivity contribution in [2.45, 2.75) is 38.1 Å². The maximum absolute atomic E-state index is 12.8. The van der Waals surface area contributed by atoms with Crippen molar-refractivity contribution in [2.24, 2.45) is 5.92 Å². The molecule has 2 saturated carbocycles. The van der Waals surface area contributed by atoms with E-state index < -0.39 is 0 Å². The molecule has 5 heteroatoms. The molecule has 2 aromatic carbocycles. The highest BCUT2D eigenvalue weighted by Crippen LogP contribution is 2.44. The largest absolute Gasteiger partial charge is 0.313 e. The first-order valence-corrected chi connectivity index (χ1v) is 10.5. The van der Waals surface area contributed by atoms with Crippen molar-refractivity contribution in [3.8, 4) is 0 Å². The van der Waals surface area contributed by atoms with Crippen LogP contribution in [0.2, 0.25) is 0 Å². The summed E-state index contributed by atoms with van der Waals surface area (Å²) in [6.45, 7) is 3.13. The Labute approximate surface area is 163 Å². The minimum Gasteiger partial charge on any atom is -0.313 e. The lowest BCUT2D eigenvalue weighted by atomic mass is 9.97. The van der Waals surface area contributed by atoms with Crippen molar-refractivity contribution >= 4 is 33.1 Å². The Bertz CT molecular complexity index is 1010. The van der Waals surface area contributed by atoms with Crippen molar-refractivity contribution in [1.82, 2.24) is 10.3 Å². The fraction of sp³-hybridized carbons (Fsp3) is 0.364. The van der Waals surface area contributed by atoms with E-state index in [1.165, 1.54) is 35.1 Å². The molecule has 5 rings (SSSR count). The van der Waals surface area contributed by atoms with Crippen LogP contribution in [0.3, 0.4) is 0 Å². The monoisotopic (exact) mass is 377 g/mol. The van der Waals surface area contributed by atoms with E-state index in [4.69, 9.17) is 0 Å². The molecule has 2 fully saturated rings. The van der Waals surface area contributed by atoms with E-state index in [2.05, 4.69) is 39.9 Å². The Balaban J connectivity index is 1.42. The second-order valence-corrected chi connectivity index (χ2v) is 9.05. The predicted octanol–water partition coefficient (Wildman–Crippen LogP) is 4.71. The van der Waals surface area contributed by atoms with Crippen molar-refractivity contribution in [1.29, 1.82) is 0 Å². The Morgan fingerprint density at radius 3 is 2.89 bits per heavy atom. The number of carbonyl (C=O) groups is 1. The molecule has 0 aliphatic heterocycles. The first-order chi connectivity index (χ1) is 13.2.